The Balaban J connectivity index is 1.90. The van der Waals surface area contributed by atoms with E-state index in [9.17, 15) is 34.0 Å². The van der Waals surface area contributed by atoms with Gasteiger partial charge in [-0.3, -0.25) is 4.55 Å². The summed E-state index contributed by atoms with van der Waals surface area (Å²) < 4.78 is 42.2. The van der Waals surface area contributed by atoms with Crippen molar-refractivity contribution in [1.82, 2.24) is 0 Å². The van der Waals surface area contributed by atoms with E-state index in [1.807, 2.05) is 0 Å². The first kappa shape index (κ1) is 19.8. The monoisotopic (exact) mass is 402 g/mol. The van der Waals surface area contributed by atoms with Gasteiger partial charge in [-0.05, 0) is 23.6 Å². The molecule has 2 aromatic rings. The van der Waals surface area contributed by atoms with Crippen molar-refractivity contribution in [2.24, 2.45) is 0 Å². The zero-order valence-corrected chi connectivity index (χ0v) is 14.5. The highest BCUT2D eigenvalue weighted by Crippen LogP contribution is 2.33. The van der Waals surface area contributed by atoms with Crippen molar-refractivity contribution in [2.45, 2.75) is 35.6 Å². The number of aliphatic hydroxyl groups excluding tert-OH is 4. The summed E-state index contributed by atoms with van der Waals surface area (Å²) >= 11 is 0. The van der Waals surface area contributed by atoms with Crippen LogP contribution in [0.2, 0.25) is 0 Å². The zero-order valence-electron chi connectivity index (χ0n) is 13.7. The molecule has 3 rings (SSSR count). The molecule has 11 heteroatoms. The Bertz CT molecular complexity index is 942. The summed E-state index contributed by atoms with van der Waals surface area (Å²) in [5.41, 5.74) is 0. The van der Waals surface area contributed by atoms with E-state index in [-0.39, 0.29) is 11.1 Å². The first-order valence-corrected chi connectivity index (χ1v) is 9.27. The normalized spacial score (nSPS) is 29.0. The first-order valence-electron chi connectivity index (χ1n) is 7.83. The van der Waals surface area contributed by atoms with Gasteiger partial charge in [-0.2, -0.15) is 8.42 Å². The van der Waals surface area contributed by atoms with Crippen LogP contribution in [0.15, 0.2) is 35.2 Å². The Morgan fingerprint density at radius 1 is 1.04 bits per heavy atom. The number of hydrogen-bond donors (Lipinski definition) is 6. The van der Waals surface area contributed by atoms with Crippen LogP contribution in [0.25, 0.3) is 10.8 Å². The second kappa shape index (κ2) is 7.20. The molecule has 0 radical (unpaired) electrons. The summed E-state index contributed by atoms with van der Waals surface area (Å²) in [4.78, 5) is -0.477. The van der Waals surface area contributed by atoms with Gasteiger partial charge in [0.25, 0.3) is 10.1 Å². The van der Waals surface area contributed by atoms with Crippen LogP contribution in [0.3, 0.4) is 0 Å². The van der Waals surface area contributed by atoms with E-state index in [0.717, 1.165) is 12.1 Å². The molecule has 0 aliphatic carbocycles. The van der Waals surface area contributed by atoms with Crippen LogP contribution in [0.1, 0.15) is 0 Å². The van der Waals surface area contributed by atoms with Gasteiger partial charge >= 0.3 is 0 Å². The third kappa shape index (κ3) is 3.84. The maximum Gasteiger partial charge on any atom is 0.294 e. The number of phenolic OH excluding ortho intramolecular Hbond substituents is 1. The summed E-state index contributed by atoms with van der Waals surface area (Å²) in [7, 11) is -4.50. The Morgan fingerprint density at radius 3 is 2.37 bits per heavy atom. The van der Waals surface area contributed by atoms with Crippen LogP contribution in [0, 0.1) is 0 Å². The number of phenols is 1. The van der Waals surface area contributed by atoms with Crippen molar-refractivity contribution in [3.05, 3.63) is 30.3 Å². The van der Waals surface area contributed by atoms with Crippen molar-refractivity contribution in [3.63, 3.8) is 0 Å². The molecule has 1 fully saturated rings. The van der Waals surface area contributed by atoms with E-state index < -0.39 is 58.1 Å². The molecule has 148 valence electrons. The van der Waals surface area contributed by atoms with Crippen LogP contribution < -0.4 is 4.74 Å². The fourth-order valence-corrected chi connectivity index (χ4v) is 3.35. The minimum absolute atomic E-state index is 0.0988. The lowest BCUT2D eigenvalue weighted by atomic mass is 9.99. The van der Waals surface area contributed by atoms with Crippen LogP contribution in [-0.4, -0.2) is 75.8 Å². The summed E-state index contributed by atoms with van der Waals surface area (Å²) in [6, 6.07) is 6.15. The molecule has 1 aliphatic rings. The lowest BCUT2D eigenvalue weighted by Gasteiger charge is -2.39. The second-order valence-corrected chi connectivity index (χ2v) is 7.54. The molecular formula is C16H18O10S. The molecule has 1 saturated heterocycles. The van der Waals surface area contributed by atoms with Gasteiger partial charge < -0.3 is 35.0 Å². The predicted octanol–water partition coefficient (Wildman–Crippen LogP) is -1.03. The second-order valence-electron chi connectivity index (χ2n) is 6.12. The topological polar surface area (TPSA) is 174 Å². The molecule has 0 saturated carbocycles. The molecule has 0 spiro atoms. The smallest absolute Gasteiger partial charge is 0.294 e. The SMILES string of the molecule is O=S(=O)(O)c1cc(O)c2cc(O[C@@H]3O[C@H](CO)[C@@H](O)[C@H](O)[C@H]3O)ccc2c1. The molecule has 1 heterocycles. The molecule has 10 nitrogen and oxygen atoms in total. The largest absolute Gasteiger partial charge is 0.507 e. The Hall–Kier alpha value is -1.99. The maximum absolute atomic E-state index is 11.2. The van der Waals surface area contributed by atoms with Gasteiger partial charge in [0, 0.05) is 11.5 Å². The number of fused-ring (bicyclic) bond motifs is 1. The van der Waals surface area contributed by atoms with Crippen molar-refractivity contribution in [2.75, 3.05) is 6.61 Å². The molecule has 1 aliphatic heterocycles. The van der Waals surface area contributed by atoms with Gasteiger partial charge in [-0.25, -0.2) is 0 Å². The molecule has 5 atom stereocenters. The predicted molar refractivity (Wildman–Crippen MR) is 89.8 cm³/mol. The van der Waals surface area contributed by atoms with Crippen LogP contribution in [0.4, 0.5) is 0 Å². The number of ether oxygens (including phenoxy) is 2. The molecule has 0 amide bonds. The van der Waals surface area contributed by atoms with Crippen molar-refractivity contribution < 1.29 is 48.0 Å². The van der Waals surface area contributed by atoms with Crippen molar-refractivity contribution in [3.8, 4) is 11.5 Å². The number of hydrogen-bond acceptors (Lipinski definition) is 9. The van der Waals surface area contributed by atoms with Gasteiger partial charge in [0.1, 0.15) is 35.9 Å². The third-order valence-electron chi connectivity index (χ3n) is 4.28. The number of rotatable bonds is 4. The molecule has 0 unspecified atom stereocenters. The summed E-state index contributed by atoms with van der Waals surface area (Å²) in [6.07, 6.45) is -7.28. The van der Waals surface area contributed by atoms with E-state index in [4.69, 9.17) is 14.0 Å². The molecular weight excluding hydrogens is 384 g/mol. The summed E-state index contributed by atoms with van der Waals surface area (Å²) in [6.45, 7) is -0.609. The molecule has 6 N–H and O–H groups in total. The minimum Gasteiger partial charge on any atom is -0.507 e. The van der Waals surface area contributed by atoms with E-state index in [1.165, 1.54) is 18.2 Å². The standard InChI is InChI=1S/C16H18O10S/c17-6-12-13(19)14(20)15(21)16(26-12)25-8-2-1-7-3-9(27(22,23)24)5-11(18)10(7)4-8/h1-5,12-21H,6H2,(H,22,23,24)/t12-,13-,14+,15-,16-/m1/s1. The van der Waals surface area contributed by atoms with Crippen LogP contribution in [0.5, 0.6) is 11.5 Å². The van der Waals surface area contributed by atoms with E-state index in [1.54, 1.807) is 0 Å². The van der Waals surface area contributed by atoms with E-state index >= 15 is 0 Å². The fourth-order valence-electron chi connectivity index (χ4n) is 2.81. The highest BCUT2D eigenvalue weighted by Gasteiger charge is 2.44. The number of aliphatic hydroxyl groups is 4. The molecule has 0 aromatic heterocycles. The molecule has 2 aromatic carbocycles. The first-order chi connectivity index (χ1) is 12.6. The quantitative estimate of drug-likeness (QED) is 0.347. The highest BCUT2D eigenvalue weighted by molar-refractivity contribution is 7.85. The van der Waals surface area contributed by atoms with E-state index in [2.05, 4.69) is 0 Å². The summed E-state index contributed by atoms with van der Waals surface area (Å²) in [5, 5.41) is 49.2. The van der Waals surface area contributed by atoms with Gasteiger partial charge in [0.2, 0.25) is 6.29 Å². The van der Waals surface area contributed by atoms with Crippen LogP contribution in [-0.2, 0) is 14.9 Å². The highest BCUT2D eigenvalue weighted by atomic mass is 32.2. The maximum atomic E-state index is 11.2. The van der Waals surface area contributed by atoms with Gasteiger partial charge in [-0.15, -0.1) is 0 Å². The van der Waals surface area contributed by atoms with Gasteiger partial charge in [0.05, 0.1) is 11.5 Å². The van der Waals surface area contributed by atoms with Gasteiger partial charge in [-0.1, -0.05) is 6.07 Å². The Labute approximate surface area is 153 Å². The van der Waals surface area contributed by atoms with E-state index in [0.29, 0.717) is 5.39 Å². The zero-order chi connectivity index (χ0) is 19.9. The Kier molecular flexibility index (Phi) is 5.27. The number of aromatic hydroxyl groups is 1. The van der Waals surface area contributed by atoms with Crippen molar-refractivity contribution in [1.29, 1.82) is 0 Å². The Morgan fingerprint density at radius 2 is 1.74 bits per heavy atom. The van der Waals surface area contributed by atoms with Gasteiger partial charge in [0.15, 0.2) is 0 Å². The molecule has 0 bridgehead atoms. The summed E-state index contributed by atoms with van der Waals surface area (Å²) in [5.74, 6) is -0.332. The average molecular weight is 402 g/mol. The average Bonchev–Trinajstić information content (AvgIpc) is 2.61. The third-order valence-corrected chi connectivity index (χ3v) is 5.11. The molecule has 27 heavy (non-hydrogen) atoms. The minimum atomic E-state index is -4.50. The van der Waals surface area contributed by atoms with Crippen molar-refractivity contribution >= 4 is 20.9 Å². The lowest BCUT2D eigenvalue weighted by Crippen LogP contribution is -2.60. The van der Waals surface area contributed by atoms with Crippen LogP contribution >= 0.6 is 0 Å². The fraction of sp³-hybridized carbons (Fsp3) is 0.375. The lowest BCUT2D eigenvalue weighted by molar-refractivity contribution is -0.277. The number of benzene rings is 2.